The second kappa shape index (κ2) is 5.62. The highest BCUT2D eigenvalue weighted by Crippen LogP contribution is 2.48. The second-order valence-corrected chi connectivity index (χ2v) is 6.43. The maximum atomic E-state index is 12.1. The highest BCUT2D eigenvalue weighted by atomic mass is 79.9. The zero-order valence-electron chi connectivity index (χ0n) is 10.4. The minimum absolute atomic E-state index is 0.000229. The number of hydrogen-bond acceptors (Lipinski definition) is 1. The standard InChI is InChI=1S/C14H17BrClNO/c1-10-6-11(8-12(15)7-10)13(18)17-9-14(2-3-14)4-5-16/h6-8H,2-5,9H2,1H3,(H,17,18). The van der Waals surface area contributed by atoms with Crippen LogP contribution in [0.3, 0.4) is 0 Å². The summed E-state index contributed by atoms with van der Waals surface area (Å²) < 4.78 is 0.939. The molecule has 0 atom stereocenters. The third-order valence-electron chi connectivity index (χ3n) is 3.51. The quantitative estimate of drug-likeness (QED) is 0.815. The molecule has 1 saturated carbocycles. The molecule has 0 aromatic heterocycles. The Balaban J connectivity index is 1.95. The van der Waals surface area contributed by atoms with E-state index in [-0.39, 0.29) is 11.3 Å². The fourth-order valence-electron chi connectivity index (χ4n) is 2.13. The van der Waals surface area contributed by atoms with Crippen molar-refractivity contribution in [2.75, 3.05) is 12.4 Å². The van der Waals surface area contributed by atoms with Crippen molar-refractivity contribution in [2.24, 2.45) is 5.41 Å². The lowest BCUT2D eigenvalue weighted by Gasteiger charge is -2.14. The Morgan fingerprint density at radius 1 is 1.44 bits per heavy atom. The Morgan fingerprint density at radius 2 is 2.17 bits per heavy atom. The van der Waals surface area contributed by atoms with Crippen LogP contribution in [0.5, 0.6) is 0 Å². The molecule has 0 unspecified atom stereocenters. The zero-order chi connectivity index (χ0) is 13.2. The molecule has 1 aliphatic rings. The van der Waals surface area contributed by atoms with E-state index < -0.39 is 0 Å². The third kappa shape index (κ3) is 3.48. The van der Waals surface area contributed by atoms with Crippen LogP contribution in [0.1, 0.15) is 35.2 Å². The van der Waals surface area contributed by atoms with Crippen LogP contribution in [0.4, 0.5) is 0 Å². The summed E-state index contributed by atoms with van der Waals surface area (Å²) in [5, 5.41) is 3.02. The van der Waals surface area contributed by atoms with E-state index in [0.717, 1.165) is 23.0 Å². The van der Waals surface area contributed by atoms with Crippen molar-refractivity contribution < 1.29 is 4.79 Å². The largest absolute Gasteiger partial charge is 0.351 e. The molecule has 0 radical (unpaired) electrons. The van der Waals surface area contributed by atoms with Gasteiger partial charge in [0.05, 0.1) is 0 Å². The van der Waals surface area contributed by atoms with E-state index in [2.05, 4.69) is 21.2 Å². The van der Waals surface area contributed by atoms with Crippen molar-refractivity contribution >= 4 is 33.4 Å². The van der Waals surface area contributed by atoms with Gasteiger partial charge in [-0.1, -0.05) is 15.9 Å². The van der Waals surface area contributed by atoms with Gasteiger partial charge in [0.25, 0.3) is 5.91 Å². The second-order valence-electron chi connectivity index (χ2n) is 5.14. The lowest BCUT2D eigenvalue weighted by Crippen LogP contribution is -2.30. The van der Waals surface area contributed by atoms with Crippen LogP contribution in [0.2, 0.25) is 0 Å². The third-order valence-corrected chi connectivity index (χ3v) is 4.16. The monoisotopic (exact) mass is 329 g/mol. The lowest BCUT2D eigenvalue weighted by molar-refractivity contribution is 0.0944. The number of rotatable bonds is 5. The Hall–Kier alpha value is -0.540. The van der Waals surface area contributed by atoms with E-state index in [1.165, 1.54) is 12.8 Å². The Bertz CT molecular complexity index is 437. The summed E-state index contributed by atoms with van der Waals surface area (Å²) in [6.45, 7) is 2.72. The number of alkyl halides is 1. The van der Waals surface area contributed by atoms with Gasteiger partial charge in [-0.25, -0.2) is 0 Å². The first kappa shape index (κ1) is 13.9. The number of carbonyl (C=O) groups is 1. The Labute approximate surface area is 121 Å². The van der Waals surface area contributed by atoms with Crippen molar-refractivity contribution in [3.63, 3.8) is 0 Å². The summed E-state index contributed by atoms with van der Waals surface area (Å²) in [6.07, 6.45) is 3.35. The van der Waals surface area contributed by atoms with Gasteiger partial charge in [0, 0.05) is 22.5 Å². The number of aryl methyl sites for hydroxylation is 1. The number of benzene rings is 1. The fraction of sp³-hybridized carbons (Fsp3) is 0.500. The number of amides is 1. The minimum atomic E-state index is 0.000229. The van der Waals surface area contributed by atoms with E-state index in [4.69, 9.17) is 11.6 Å². The fourth-order valence-corrected chi connectivity index (χ4v) is 3.14. The summed E-state index contributed by atoms with van der Waals surface area (Å²) in [5.74, 6) is 0.673. The molecular weight excluding hydrogens is 314 g/mol. The van der Waals surface area contributed by atoms with Gasteiger partial charge in [-0.3, -0.25) is 4.79 Å². The van der Waals surface area contributed by atoms with Gasteiger partial charge < -0.3 is 5.32 Å². The molecule has 0 bridgehead atoms. The van der Waals surface area contributed by atoms with Gasteiger partial charge in [0.2, 0.25) is 0 Å². The van der Waals surface area contributed by atoms with Crippen molar-refractivity contribution in [2.45, 2.75) is 26.2 Å². The van der Waals surface area contributed by atoms with Crippen LogP contribution in [0.15, 0.2) is 22.7 Å². The van der Waals surface area contributed by atoms with Crippen LogP contribution in [0.25, 0.3) is 0 Å². The number of carbonyl (C=O) groups excluding carboxylic acids is 1. The predicted octanol–water partition coefficient (Wildman–Crippen LogP) is 3.90. The highest BCUT2D eigenvalue weighted by Gasteiger charge is 2.41. The van der Waals surface area contributed by atoms with Crippen molar-refractivity contribution in [1.82, 2.24) is 5.32 Å². The highest BCUT2D eigenvalue weighted by molar-refractivity contribution is 9.10. The minimum Gasteiger partial charge on any atom is -0.351 e. The van der Waals surface area contributed by atoms with Crippen LogP contribution in [-0.2, 0) is 0 Å². The summed E-state index contributed by atoms with van der Waals surface area (Å²) in [7, 11) is 0. The molecule has 4 heteroatoms. The number of hydrogen-bond donors (Lipinski definition) is 1. The van der Waals surface area contributed by atoms with Gasteiger partial charge in [-0.15, -0.1) is 11.6 Å². The maximum absolute atomic E-state index is 12.1. The topological polar surface area (TPSA) is 29.1 Å². The molecular formula is C14H17BrClNO. The first-order chi connectivity index (χ1) is 8.54. The number of nitrogens with one attached hydrogen (secondary N) is 1. The van der Waals surface area contributed by atoms with E-state index in [1.807, 2.05) is 25.1 Å². The van der Waals surface area contributed by atoms with Crippen LogP contribution in [-0.4, -0.2) is 18.3 Å². The summed E-state index contributed by atoms with van der Waals surface area (Å²) in [5.41, 5.74) is 2.07. The molecule has 1 N–H and O–H groups in total. The molecule has 2 rings (SSSR count). The molecule has 98 valence electrons. The Kier molecular flexibility index (Phi) is 4.33. The van der Waals surface area contributed by atoms with Crippen molar-refractivity contribution in [3.8, 4) is 0 Å². The van der Waals surface area contributed by atoms with Gasteiger partial charge in [-0.05, 0) is 55.4 Å². The molecule has 0 saturated heterocycles. The Morgan fingerprint density at radius 3 is 2.72 bits per heavy atom. The molecule has 1 aromatic rings. The molecule has 1 aliphatic carbocycles. The molecule has 1 fully saturated rings. The van der Waals surface area contributed by atoms with Gasteiger partial charge in [0.1, 0.15) is 0 Å². The van der Waals surface area contributed by atoms with Gasteiger partial charge in [-0.2, -0.15) is 0 Å². The number of halogens is 2. The van der Waals surface area contributed by atoms with Crippen molar-refractivity contribution in [3.05, 3.63) is 33.8 Å². The molecule has 18 heavy (non-hydrogen) atoms. The normalized spacial score (nSPS) is 16.4. The molecule has 1 amide bonds. The molecule has 2 nitrogen and oxygen atoms in total. The average molecular weight is 331 g/mol. The smallest absolute Gasteiger partial charge is 0.251 e. The maximum Gasteiger partial charge on any atom is 0.251 e. The summed E-state index contributed by atoms with van der Waals surface area (Å²) in [6, 6.07) is 5.75. The van der Waals surface area contributed by atoms with Gasteiger partial charge >= 0.3 is 0 Å². The summed E-state index contributed by atoms with van der Waals surface area (Å²) >= 11 is 9.19. The van der Waals surface area contributed by atoms with Crippen LogP contribution in [0, 0.1) is 12.3 Å². The first-order valence-corrected chi connectivity index (χ1v) is 7.49. The zero-order valence-corrected chi connectivity index (χ0v) is 12.8. The SMILES string of the molecule is Cc1cc(Br)cc(C(=O)NCC2(CCCl)CC2)c1. The van der Waals surface area contributed by atoms with Crippen molar-refractivity contribution in [1.29, 1.82) is 0 Å². The van der Waals surface area contributed by atoms with E-state index in [9.17, 15) is 4.79 Å². The first-order valence-electron chi connectivity index (χ1n) is 6.16. The average Bonchev–Trinajstić information content (AvgIpc) is 3.06. The van der Waals surface area contributed by atoms with Crippen LogP contribution < -0.4 is 5.32 Å². The molecule has 1 aromatic carbocycles. The predicted molar refractivity (Wildman–Crippen MR) is 78.2 cm³/mol. The lowest BCUT2D eigenvalue weighted by atomic mass is 10.0. The van der Waals surface area contributed by atoms with Gasteiger partial charge in [0.15, 0.2) is 0 Å². The molecule has 0 heterocycles. The van der Waals surface area contributed by atoms with Crippen LogP contribution >= 0.6 is 27.5 Å². The molecule has 0 spiro atoms. The van der Waals surface area contributed by atoms with E-state index >= 15 is 0 Å². The summed E-state index contributed by atoms with van der Waals surface area (Å²) in [4.78, 5) is 12.1. The van der Waals surface area contributed by atoms with E-state index in [0.29, 0.717) is 11.4 Å². The van der Waals surface area contributed by atoms with E-state index in [1.54, 1.807) is 0 Å². The molecule has 0 aliphatic heterocycles.